The molecule has 0 saturated heterocycles. The summed E-state index contributed by atoms with van der Waals surface area (Å²) in [5.74, 6) is 0.377. The third kappa shape index (κ3) is 5.99. The number of carbonyl (C=O) groups is 2. The zero-order valence-electron chi connectivity index (χ0n) is 16.1. The molecular weight excluding hydrogens is 411 g/mol. The van der Waals surface area contributed by atoms with Gasteiger partial charge in [0.25, 0.3) is 0 Å². The predicted octanol–water partition coefficient (Wildman–Crippen LogP) is 4.92. The maximum atomic E-state index is 12.8. The van der Waals surface area contributed by atoms with E-state index in [9.17, 15) is 22.8 Å². The van der Waals surface area contributed by atoms with E-state index < -0.39 is 23.7 Å². The summed E-state index contributed by atoms with van der Waals surface area (Å²) in [7, 11) is 0. The summed E-state index contributed by atoms with van der Waals surface area (Å²) in [6.07, 6.45) is -4.50. The van der Waals surface area contributed by atoms with Gasteiger partial charge in [-0.2, -0.15) is 13.2 Å². The topological polar surface area (TPSA) is 93.5 Å². The van der Waals surface area contributed by atoms with Crippen molar-refractivity contribution in [2.24, 2.45) is 5.73 Å². The molecule has 0 aromatic heterocycles. The molecule has 0 fully saturated rings. The summed E-state index contributed by atoms with van der Waals surface area (Å²) in [5.41, 5.74) is 5.36. The van der Waals surface area contributed by atoms with Crippen molar-refractivity contribution in [2.75, 3.05) is 5.32 Å². The zero-order chi connectivity index (χ0) is 22.4. The molecule has 0 aliphatic rings. The Bertz CT molecular complexity index is 1080. The fraction of sp³-hybridized carbons (Fsp3) is 0.0909. The van der Waals surface area contributed by atoms with Crippen LogP contribution in [0.5, 0.6) is 11.5 Å². The van der Waals surface area contributed by atoms with Crippen LogP contribution >= 0.6 is 0 Å². The highest BCUT2D eigenvalue weighted by molar-refractivity contribution is 5.92. The average Bonchev–Trinajstić information content (AvgIpc) is 2.73. The monoisotopic (exact) mass is 429 g/mol. The van der Waals surface area contributed by atoms with Crippen LogP contribution < -0.4 is 21.1 Å². The van der Waals surface area contributed by atoms with Gasteiger partial charge in [-0.1, -0.05) is 24.3 Å². The third-order valence-electron chi connectivity index (χ3n) is 4.23. The van der Waals surface area contributed by atoms with Crippen LogP contribution in [-0.4, -0.2) is 11.9 Å². The van der Waals surface area contributed by atoms with Crippen LogP contribution in [0, 0.1) is 0 Å². The predicted molar refractivity (Wildman–Crippen MR) is 109 cm³/mol. The second-order valence-electron chi connectivity index (χ2n) is 6.48. The second-order valence-corrected chi connectivity index (χ2v) is 6.48. The van der Waals surface area contributed by atoms with E-state index >= 15 is 0 Å². The molecule has 9 heteroatoms. The molecule has 0 aliphatic carbocycles. The van der Waals surface area contributed by atoms with E-state index in [0.29, 0.717) is 22.6 Å². The largest absolute Gasteiger partial charge is 0.457 e. The summed E-state index contributed by atoms with van der Waals surface area (Å²) in [4.78, 5) is 23.3. The molecule has 0 saturated carbocycles. The number of benzene rings is 3. The van der Waals surface area contributed by atoms with Crippen LogP contribution in [-0.2, 0) is 12.7 Å². The molecule has 0 unspecified atom stereocenters. The quantitative estimate of drug-likeness (QED) is 0.519. The number of carbonyl (C=O) groups excluding carboxylic acids is 2. The molecule has 3 aromatic carbocycles. The number of hydrogen-bond donors (Lipinski definition) is 3. The minimum Gasteiger partial charge on any atom is -0.457 e. The number of ether oxygens (including phenoxy) is 1. The maximum absolute atomic E-state index is 12.8. The fourth-order valence-electron chi connectivity index (χ4n) is 2.69. The summed E-state index contributed by atoms with van der Waals surface area (Å²) in [6, 6.07) is 16.9. The Morgan fingerprint density at radius 3 is 2.32 bits per heavy atom. The number of alkyl halides is 3. The first-order valence-electron chi connectivity index (χ1n) is 9.10. The molecule has 3 aromatic rings. The molecule has 0 spiro atoms. The number of rotatable bonds is 6. The van der Waals surface area contributed by atoms with Gasteiger partial charge in [0.05, 0.1) is 5.56 Å². The molecule has 31 heavy (non-hydrogen) atoms. The van der Waals surface area contributed by atoms with E-state index in [-0.39, 0.29) is 12.2 Å². The lowest BCUT2D eigenvalue weighted by atomic mass is 10.2. The molecule has 3 rings (SSSR count). The van der Waals surface area contributed by atoms with Crippen LogP contribution in [0.4, 0.5) is 23.7 Å². The molecular formula is C22H18F3N3O3. The van der Waals surface area contributed by atoms with Crippen molar-refractivity contribution in [3.05, 3.63) is 89.5 Å². The van der Waals surface area contributed by atoms with Crippen molar-refractivity contribution in [2.45, 2.75) is 12.7 Å². The van der Waals surface area contributed by atoms with Gasteiger partial charge in [0, 0.05) is 23.4 Å². The molecule has 0 aliphatic heterocycles. The summed E-state index contributed by atoms with van der Waals surface area (Å²) in [5, 5.41) is 4.96. The van der Waals surface area contributed by atoms with Gasteiger partial charge in [-0.3, -0.25) is 4.79 Å². The van der Waals surface area contributed by atoms with Gasteiger partial charge >= 0.3 is 12.2 Å². The summed E-state index contributed by atoms with van der Waals surface area (Å²) in [6.45, 7) is 0.0698. The van der Waals surface area contributed by atoms with E-state index in [0.717, 1.165) is 12.1 Å². The van der Waals surface area contributed by atoms with Gasteiger partial charge in [-0.25, -0.2) is 4.79 Å². The second kappa shape index (κ2) is 9.21. The van der Waals surface area contributed by atoms with Crippen molar-refractivity contribution >= 4 is 17.6 Å². The molecule has 160 valence electrons. The number of halogens is 3. The van der Waals surface area contributed by atoms with Crippen molar-refractivity contribution < 1.29 is 27.5 Å². The van der Waals surface area contributed by atoms with Gasteiger partial charge in [0.2, 0.25) is 5.91 Å². The first kappa shape index (κ1) is 21.7. The molecule has 3 amide bonds. The fourth-order valence-corrected chi connectivity index (χ4v) is 2.69. The summed E-state index contributed by atoms with van der Waals surface area (Å²) >= 11 is 0. The van der Waals surface area contributed by atoms with Crippen LogP contribution in [0.1, 0.15) is 21.5 Å². The lowest BCUT2D eigenvalue weighted by molar-refractivity contribution is -0.137. The van der Waals surface area contributed by atoms with E-state index in [4.69, 9.17) is 10.5 Å². The first-order chi connectivity index (χ1) is 14.7. The average molecular weight is 429 g/mol. The molecule has 0 atom stereocenters. The lowest BCUT2D eigenvalue weighted by Crippen LogP contribution is -2.28. The van der Waals surface area contributed by atoms with Crippen LogP contribution in [0.15, 0.2) is 72.8 Å². The van der Waals surface area contributed by atoms with Gasteiger partial charge in [-0.15, -0.1) is 0 Å². The van der Waals surface area contributed by atoms with E-state index in [1.165, 1.54) is 24.3 Å². The molecule has 4 N–H and O–H groups in total. The number of urea groups is 1. The van der Waals surface area contributed by atoms with Crippen LogP contribution in [0.3, 0.4) is 0 Å². The Balaban J connectivity index is 1.63. The Morgan fingerprint density at radius 2 is 1.65 bits per heavy atom. The van der Waals surface area contributed by atoms with Gasteiger partial charge in [0.15, 0.2) is 0 Å². The van der Waals surface area contributed by atoms with E-state index in [1.807, 2.05) is 0 Å². The van der Waals surface area contributed by atoms with E-state index in [1.54, 1.807) is 36.4 Å². The van der Waals surface area contributed by atoms with Gasteiger partial charge in [-0.05, 0) is 48.5 Å². The van der Waals surface area contributed by atoms with Gasteiger partial charge < -0.3 is 21.1 Å². The standard InChI is InChI=1S/C22H18F3N3O3/c23-22(24,25)16-5-3-6-17(12-16)28-21(30)27-13-15-4-1-2-7-19(15)31-18-10-8-14(9-11-18)20(26)29/h1-12H,13H2,(H2,26,29)(H2,27,28,30). The Kier molecular flexibility index (Phi) is 6.44. The Hall–Kier alpha value is -4.01. The number of amides is 3. The molecule has 0 heterocycles. The highest BCUT2D eigenvalue weighted by Gasteiger charge is 2.30. The summed E-state index contributed by atoms with van der Waals surface area (Å²) < 4.78 is 44.2. The number of nitrogens with one attached hydrogen (secondary N) is 2. The van der Waals surface area contributed by atoms with Crippen molar-refractivity contribution in [3.63, 3.8) is 0 Å². The lowest BCUT2D eigenvalue weighted by Gasteiger charge is -2.13. The van der Waals surface area contributed by atoms with Crippen LogP contribution in [0.25, 0.3) is 0 Å². The number of para-hydroxylation sites is 1. The first-order valence-corrected chi connectivity index (χ1v) is 9.10. The van der Waals surface area contributed by atoms with E-state index in [2.05, 4.69) is 10.6 Å². The van der Waals surface area contributed by atoms with Crippen LogP contribution in [0.2, 0.25) is 0 Å². The maximum Gasteiger partial charge on any atom is 0.416 e. The number of primary amides is 1. The highest BCUT2D eigenvalue weighted by atomic mass is 19.4. The Morgan fingerprint density at radius 1 is 0.935 bits per heavy atom. The zero-order valence-corrected chi connectivity index (χ0v) is 16.1. The molecule has 6 nitrogen and oxygen atoms in total. The Labute approximate surface area is 175 Å². The number of anilines is 1. The SMILES string of the molecule is NC(=O)c1ccc(Oc2ccccc2CNC(=O)Nc2cccc(C(F)(F)F)c2)cc1. The number of nitrogens with two attached hydrogens (primary N) is 1. The highest BCUT2D eigenvalue weighted by Crippen LogP contribution is 2.30. The van der Waals surface area contributed by atoms with Crippen molar-refractivity contribution in [1.82, 2.24) is 5.32 Å². The third-order valence-corrected chi connectivity index (χ3v) is 4.23. The minimum atomic E-state index is -4.50. The normalized spacial score (nSPS) is 10.9. The van der Waals surface area contributed by atoms with Crippen molar-refractivity contribution in [3.8, 4) is 11.5 Å². The van der Waals surface area contributed by atoms with Crippen molar-refractivity contribution in [1.29, 1.82) is 0 Å². The smallest absolute Gasteiger partial charge is 0.416 e. The minimum absolute atomic E-state index is 0.0198. The molecule has 0 radical (unpaired) electrons. The van der Waals surface area contributed by atoms with Gasteiger partial charge in [0.1, 0.15) is 11.5 Å². The number of hydrogen-bond acceptors (Lipinski definition) is 3. The molecule has 0 bridgehead atoms.